The summed E-state index contributed by atoms with van der Waals surface area (Å²) in [5.74, 6) is 0.857. The molecule has 0 aliphatic heterocycles. The molecule has 0 amide bonds. The largest absolute Gasteiger partial charge is 0.361 e. The van der Waals surface area contributed by atoms with Gasteiger partial charge in [-0.2, -0.15) is 0 Å². The van der Waals surface area contributed by atoms with Crippen molar-refractivity contribution >= 4 is 51.3 Å². The van der Waals surface area contributed by atoms with E-state index < -0.39 is 0 Å². The topological polar surface area (TPSA) is 16.1 Å². The van der Waals surface area contributed by atoms with E-state index in [-0.39, 0.29) is 0 Å². The second-order valence-electron chi connectivity index (χ2n) is 1.96. The molecular weight excluding hydrogens is 282 g/mol. The molecular formula is C5H6ClIN2S. The quantitative estimate of drug-likeness (QED) is 0.738. The predicted molar refractivity (Wildman–Crippen MR) is 54.2 cm³/mol. The monoisotopic (exact) mass is 288 g/mol. The Morgan fingerprint density at radius 2 is 2.20 bits per heavy atom. The first kappa shape index (κ1) is 8.55. The zero-order valence-corrected chi connectivity index (χ0v) is 9.29. The van der Waals surface area contributed by atoms with Gasteiger partial charge in [-0.25, -0.2) is 4.98 Å². The van der Waals surface area contributed by atoms with E-state index in [1.807, 2.05) is 19.0 Å². The molecule has 56 valence electrons. The minimum atomic E-state index is 0.759. The Morgan fingerprint density at radius 1 is 1.60 bits per heavy atom. The number of aromatic nitrogens is 1. The summed E-state index contributed by atoms with van der Waals surface area (Å²) in [6.07, 6.45) is 0. The van der Waals surface area contributed by atoms with Crippen LogP contribution in [0.25, 0.3) is 0 Å². The van der Waals surface area contributed by atoms with Crippen LogP contribution in [-0.2, 0) is 0 Å². The second-order valence-corrected chi connectivity index (χ2v) is 5.31. The van der Waals surface area contributed by atoms with E-state index in [1.54, 1.807) is 0 Å². The van der Waals surface area contributed by atoms with Crippen LogP contribution in [0, 0.1) is 3.01 Å². The van der Waals surface area contributed by atoms with Gasteiger partial charge in [0.25, 0.3) is 0 Å². The summed E-state index contributed by atoms with van der Waals surface area (Å²) < 4.78 is 1.74. The van der Waals surface area contributed by atoms with Crippen LogP contribution in [0.4, 0.5) is 5.82 Å². The van der Waals surface area contributed by atoms with Crippen LogP contribution < -0.4 is 4.90 Å². The van der Waals surface area contributed by atoms with Crippen molar-refractivity contribution in [3.63, 3.8) is 0 Å². The molecule has 0 spiro atoms. The molecule has 2 nitrogen and oxygen atoms in total. The zero-order valence-electron chi connectivity index (χ0n) is 5.56. The van der Waals surface area contributed by atoms with Crippen LogP contribution in [-0.4, -0.2) is 19.1 Å². The van der Waals surface area contributed by atoms with Gasteiger partial charge in [0.1, 0.15) is 4.34 Å². The van der Waals surface area contributed by atoms with E-state index in [0.29, 0.717) is 0 Å². The van der Waals surface area contributed by atoms with Crippen molar-refractivity contribution in [1.82, 2.24) is 4.98 Å². The minimum absolute atomic E-state index is 0.759. The zero-order chi connectivity index (χ0) is 7.72. The molecule has 1 heterocycles. The summed E-state index contributed by atoms with van der Waals surface area (Å²) in [4.78, 5) is 6.11. The highest BCUT2D eigenvalue weighted by atomic mass is 127. The third-order valence-electron chi connectivity index (χ3n) is 0.967. The van der Waals surface area contributed by atoms with E-state index in [1.165, 1.54) is 11.3 Å². The molecule has 0 saturated heterocycles. The average Bonchev–Trinajstić information content (AvgIpc) is 2.10. The number of rotatable bonds is 1. The Kier molecular flexibility index (Phi) is 2.76. The molecule has 0 bridgehead atoms. The lowest BCUT2D eigenvalue weighted by atomic mass is 10.7. The van der Waals surface area contributed by atoms with Crippen molar-refractivity contribution in [2.75, 3.05) is 19.0 Å². The normalized spacial score (nSPS) is 10.0. The second kappa shape index (κ2) is 3.23. The van der Waals surface area contributed by atoms with E-state index in [9.17, 15) is 0 Å². The first-order chi connectivity index (χ1) is 4.61. The lowest BCUT2D eigenvalue weighted by Crippen LogP contribution is -2.09. The van der Waals surface area contributed by atoms with Crippen molar-refractivity contribution in [2.45, 2.75) is 0 Å². The van der Waals surface area contributed by atoms with Gasteiger partial charge in [0.05, 0.1) is 0 Å². The first-order valence-corrected chi connectivity index (χ1v) is 4.87. The van der Waals surface area contributed by atoms with Crippen LogP contribution in [0.5, 0.6) is 0 Å². The van der Waals surface area contributed by atoms with Crippen molar-refractivity contribution < 1.29 is 0 Å². The molecule has 5 heteroatoms. The van der Waals surface area contributed by atoms with Gasteiger partial charge >= 0.3 is 0 Å². The van der Waals surface area contributed by atoms with Gasteiger partial charge in [0, 0.05) is 14.1 Å². The minimum Gasteiger partial charge on any atom is -0.361 e. The van der Waals surface area contributed by atoms with Gasteiger partial charge in [0.2, 0.25) is 0 Å². The number of thiazole rings is 1. The van der Waals surface area contributed by atoms with E-state index in [0.717, 1.165) is 13.2 Å². The molecule has 1 rings (SSSR count). The highest BCUT2D eigenvalue weighted by Crippen LogP contribution is 2.30. The van der Waals surface area contributed by atoms with Gasteiger partial charge in [-0.3, -0.25) is 0 Å². The highest BCUT2D eigenvalue weighted by molar-refractivity contribution is 14.1. The van der Waals surface area contributed by atoms with Crippen molar-refractivity contribution in [2.24, 2.45) is 0 Å². The van der Waals surface area contributed by atoms with Crippen LogP contribution in [0.15, 0.2) is 0 Å². The van der Waals surface area contributed by atoms with Gasteiger partial charge < -0.3 is 4.90 Å². The molecule has 0 unspecified atom stereocenters. The molecule has 1 aromatic heterocycles. The molecule has 10 heavy (non-hydrogen) atoms. The Hall–Kier alpha value is 0.450. The summed E-state index contributed by atoms with van der Waals surface area (Å²) in [6.45, 7) is 0. The fourth-order valence-corrected chi connectivity index (χ4v) is 2.86. The fourth-order valence-electron chi connectivity index (χ4n) is 0.545. The van der Waals surface area contributed by atoms with Crippen LogP contribution in [0.1, 0.15) is 0 Å². The summed E-state index contributed by atoms with van der Waals surface area (Å²) >= 11 is 9.50. The molecule has 0 aromatic carbocycles. The average molecular weight is 289 g/mol. The number of halogens is 2. The lowest BCUT2D eigenvalue weighted by Gasteiger charge is -2.06. The summed E-state index contributed by atoms with van der Waals surface area (Å²) in [5.41, 5.74) is 0. The molecule has 0 atom stereocenters. The van der Waals surface area contributed by atoms with Gasteiger partial charge in [-0.1, -0.05) is 22.9 Å². The molecule has 1 aromatic rings. The third-order valence-corrected chi connectivity index (χ3v) is 2.89. The van der Waals surface area contributed by atoms with Crippen molar-refractivity contribution in [3.05, 3.63) is 7.35 Å². The predicted octanol–water partition coefficient (Wildman–Crippen LogP) is 2.47. The van der Waals surface area contributed by atoms with E-state index >= 15 is 0 Å². The van der Waals surface area contributed by atoms with E-state index in [4.69, 9.17) is 11.6 Å². The maximum atomic E-state index is 5.85. The maximum absolute atomic E-state index is 5.85. The summed E-state index contributed by atoms with van der Waals surface area (Å²) in [7, 11) is 3.86. The molecule has 0 N–H and O–H groups in total. The highest BCUT2D eigenvalue weighted by Gasteiger charge is 2.07. The summed E-state index contributed by atoms with van der Waals surface area (Å²) in [6, 6.07) is 0. The SMILES string of the molecule is CN(C)c1nc(I)sc1Cl. The number of anilines is 1. The van der Waals surface area contributed by atoms with Gasteiger partial charge in [-0.15, -0.1) is 0 Å². The Morgan fingerprint density at radius 3 is 2.40 bits per heavy atom. The number of hydrogen-bond donors (Lipinski definition) is 0. The molecule has 0 radical (unpaired) electrons. The van der Waals surface area contributed by atoms with Crippen LogP contribution in [0.3, 0.4) is 0 Å². The standard InChI is InChI=1S/C5H6ClIN2S/c1-9(2)4-3(6)10-5(7)8-4/h1-2H3. The van der Waals surface area contributed by atoms with Gasteiger partial charge in [-0.05, 0) is 22.6 Å². The van der Waals surface area contributed by atoms with Crippen LogP contribution in [0.2, 0.25) is 4.34 Å². The molecule has 0 aliphatic rings. The maximum Gasteiger partial charge on any atom is 0.159 e. The lowest BCUT2D eigenvalue weighted by molar-refractivity contribution is 1.08. The van der Waals surface area contributed by atoms with Crippen molar-refractivity contribution in [3.8, 4) is 0 Å². The van der Waals surface area contributed by atoms with Crippen LogP contribution >= 0.6 is 45.5 Å². The summed E-state index contributed by atoms with van der Waals surface area (Å²) in [5, 5.41) is 0. The molecule has 0 fully saturated rings. The Labute approximate surface area is 82.3 Å². The third kappa shape index (κ3) is 1.73. The van der Waals surface area contributed by atoms with Crippen molar-refractivity contribution in [1.29, 1.82) is 0 Å². The Balaban J connectivity index is 3.03. The fraction of sp³-hybridized carbons (Fsp3) is 0.400. The van der Waals surface area contributed by atoms with Gasteiger partial charge in [0.15, 0.2) is 8.83 Å². The number of hydrogen-bond acceptors (Lipinski definition) is 3. The molecule has 0 aliphatic carbocycles. The number of nitrogens with zero attached hydrogens (tertiary/aromatic N) is 2. The Bertz CT molecular complexity index is 236. The first-order valence-electron chi connectivity index (χ1n) is 2.60. The smallest absolute Gasteiger partial charge is 0.159 e. The molecule has 0 saturated carbocycles. The van der Waals surface area contributed by atoms with E-state index in [2.05, 4.69) is 27.6 Å².